The first-order chi connectivity index (χ1) is 10.7. The van der Waals surface area contributed by atoms with E-state index in [-0.39, 0.29) is 5.75 Å². The molecule has 2 N–H and O–H groups in total. The molecule has 0 radical (unpaired) electrons. The van der Waals surface area contributed by atoms with E-state index in [1.54, 1.807) is 24.3 Å². The third-order valence-electron chi connectivity index (χ3n) is 3.54. The molecule has 1 aromatic heterocycles. The Morgan fingerprint density at radius 2 is 2.32 bits per heavy atom. The van der Waals surface area contributed by atoms with Crippen molar-refractivity contribution in [3.05, 3.63) is 41.1 Å². The van der Waals surface area contributed by atoms with Crippen molar-refractivity contribution in [2.24, 2.45) is 0 Å². The van der Waals surface area contributed by atoms with Gasteiger partial charge in [-0.1, -0.05) is 24.2 Å². The Hall–Kier alpha value is -2.90. The minimum Gasteiger partial charge on any atom is -0.508 e. The maximum atomic E-state index is 12.3. The monoisotopic (exact) mass is 301 g/mol. The SMILES string of the molecule is CCC1=C(C(=O)OC)[C@@H](c2cccc(O)c2)n2nnnc2N1. The molecular formula is C14H15N5O3. The predicted octanol–water partition coefficient (Wildman–Crippen LogP) is 1.23. The fourth-order valence-corrected chi connectivity index (χ4v) is 2.57. The molecule has 2 heterocycles. The Morgan fingerprint density at radius 1 is 1.50 bits per heavy atom. The number of esters is 1. The largest absolute Gasteiger partial charge is 0.508 e. The highest BCUT2D eigenvalue weighted by molar-refractivity contribution is 5.92. The number of anilines is 1. The van der Waals surface area contributed by atoms with Gasteiger partial charge in [-0.2, -0.15) is 4.68 Å². The van der Waals surface area contributed by atoms with Gasteiger partial charge in [0.15, 0.2) is 0 Å². The number of aromatic hydroxyl groups is 1. The van der Waals surface area contributed by atoms with Gasteiger partial charge >= 0.3 is 5.97 Å². The van der Waals surface area contributed by atoms with Gasteiger partial charge in [-0.15, -0.1) is 0 Å². The number of nitrogens with one attached hydrogen (secondary N) is 1. The minimum atomic E-state index is -0.555. The van der Waals surface area contributed by atoms with Crippen molar-refractivity contribution in [3.8, 4) is 5.75 Å². The van der Waals surface area contributed by atoms with Crippen molar-refractivity contribution in [3.63, 3.8) is 0 Å². The van der Waals surface area contributed by atoms with Gasteiger partial charge < -0.3 is 15.2 Å². The molecule has 8 heteroatoms. The summed E-state index contributed by atoms with van der Waals surface area (Å²) in [6.07, 6.45) is 0.590. The number of hydrogen-bond acceptors (Lipinski definition) is 7. The molecule has 0 fully saturated rings. The molecule has 0 amide bonds. The molecule has 22 heavy (non-hydrogen) atoms. The Bertz CT molecular complexity index is 752. The maximum absolute atomic E-state index is 12.3. The summed E-state index contributed by atoms with van der Waals surface area (Å²) in [5.41, 5.74) is 1.82. The van der Waals surface area contributed by atoms with Gasteiger partial charge in [-0.25, -0.2) is 4.79 Å². The number of hydrogen-bond donors (Lipinski definition) is 2. The standard InChI is InChI=1S/C14H15N5O3/c1-3-10-11(13(21)22-2)12(8-5-4-6-9(20)7-8)19-14(15-10)16-17-18-19/h4-7,12,20H,3H2,1-2H3,(H,15,16,18)/t12-/m1/s1. The highest BCUT2D eigenvalue weighted by Gasteiger charge is 2.35. The molecule has 3 rings (SSSR count). The van der Waals surface area contributed by atoms with Crippen LogP contribution in [0.4, 0.5) is 5.95 Å². The van der Waals surface area contributed by atoms with Gasteiger partial charge in [0.25, 0.3) is 0 Å². The number of fused-ring (bicyclic) bond motifs is 1. The van der Waals surface area contributed by atoms with Crippen molar-refractivity contribution in [1.29, 1.82) is 0 Å². The molecular weight excluding hydrogens is 286 g/mol. The fraction of sp³-hybridized carbons (Fsp3) is 0.286. The molecule has 0 bridgehead atoms. The van der Waals surface area contributed by atoms with Gasteiger partial charge in [-0.3, -0.25) is 0 Å². The average molecular weight is 301 g/mol. The van der Waals surface area contributed by atoms with Crippen LogP contribution in [0.25, 0.3) is 0 Å². The lowest BCUT2D eigenvalue weighted by Crippen LogP contribution is -2.30. The molecule has 0 aliphatic carbocycles. The molecule has 2 aromatic rings. The molecule has 8 nitrogen and oxygen atoms in total. The third-order valence-corrected chi connectivity index (χ3v) is 3.54. The number of phenols is 1. The van der Waals surface area contributed by atoms with Crippen LogP contribution in [0.1, 0.15) is 24.9 Å². The number of phenolic OH excluding ortho intramolecular Hbond substituents is 1. The number of carbonyl (C=O) groups excluding carboxylic acids is 1. The summed E-state index contributed by atoms with van der Waals surface area (Å²) < 4.78 is 6.41. The van der Waals surface area contributed by atoms with E-state index in [9.17, 15) is 9.90 Å². The quantitative estimate of drug-likeness (QED) is 0.822. The van der Waals surface area contributed by atoms with Crippen LogP contribution < -0.4 is 5.32 Å². The molecule has 0 saturated carbocycles. The van der Waals surface area contributed by atoms with Gasteiger partial charge in [0, 0.05) is 5.70 Å². The summed E-state index contributed by atoms with van der Waals surface area (Å²) in [6.45, 7) is 1.92. The lowest BCUT2D eigenvalue weighted by molar-refractivity contribution is -0.136. The van der Waals surface area contributed by atoms with Crippen molar-refractivity contribution in [2.45, 2.75) is 19.4 Å². The number of carbonyl (C=O) groups is 1. The molecule has 1 aliphatic rings. The number of benzene rings is 1. The zero-order valence-corrected chi connectivity index (χ0v) is 12.1. The van der Waals surface area contributed by atoms with Crippen LogP contribution >= 0.6 is 0 Å². The predicted molar refractivity (Wildman–Crippen MR) is 77.0 cm³/mol. The zero-order chi connectivity index (χ0) is 15.7. The molecule has 1 aromatic carbocycles. The second kappa shape index (κ2) is 5.47. The van der Waals surface area contributed by atoms with Crippen LogP contribution in [0.3, 0.4) is 0 Å². The maximum Gasteiger partial charge on any atom is 0.338 e. The number of methoxy groups -OCH3 is 1. The van der Waals surface area contributed by atoms with Crippen LogP contribution in [0, 0.1) is 0 Å². The summed E-state index contributed by atoms with van der Waals surface area (Å²) in [7, 11) is 1.33. The van der Waals surface area contributed by atoms with Crippen molar-refractivity contribution < 1.29 is 14.6 Å². The average Bonchev–Trinajstić information content (AvgIpc) is 3.00. The number of nitrogens with zero attached hydrogens (tertiary/aromatic N) is 4. The van der Waals surface area contributed by atoms with E-state index in [1.807, 2.05) is 6.92 Å². The molecule has 0 unspecified atom stereocenters. The summed E-state index contributed by atoms with van der Waals surface area (Å²) >= 11 is 0. The van der Waals surface area contributed by atoms with Gasteiger partial charge in [0.05, 0.1) is 12.7 Å². The Morgan fingerprint density at radius 3 is 3.00 bits per heavy atom. The second-order valence-corrected chi connectivity index (χ2v) is 4.81. The van der Waals surface area contributed by atoms with Crippen LogP contribution in [-0.2, 0) is 9.53 Å². The first-order valence-corrected chi connectivity index (χ1v) is 6.80. The number of allylic oxidation sites excluding steroid dienone is 1. The van der Waals surface area contributed by atoms with E-state index >= 15 is 0 Å². The fourth-order valence-electron chi connectivity index (χ4n) is 2.57. The highest BCUT2D eigenvalue weighted by Crippen LogP contribution is 2.36. The van der Waals surface area contributed by atoms with Crippen LogP contribution in [0.15, 0.2) is 35.5 Å². The van der Waals surface area contributed by atoms with Crippen molar-refractivity contribution >= 4 is 11.9 Å². The van der Waals surface area contributed by atoms with Gasteiger partial charge in [0.1, 0.15) is 11.8 Å². The van der Waals surface area contributed by atoms with Crippen LogP contribution in [0.5, 0.6) is 5.75 Å². The summed E-state index contributed by atoms with van der Waals surface area (Å²) in [4.78, 5) is 12.3. The Kier molecular flexibility index (Phi) is 3.50. The van der Waals surface area contributed by atoms with Gasteiger partial charge in [0.2, 0.25) is 5.95 Å². The summed E-state index contributed by atoms with van der Waals surface area (Å²) in [5.74, 6) is 0.0876. The Labute approximate surface area is 126 Å². The van der Waals surface area contributed by atoms with E-state index in [0.29, 0.717) is 29.2 Å². The first-order valence-electron chi connectivity index (χ1n) is 6.80. The zero-order valence-electron chi connectivity index (χ0n) is 12.1. The second-order valence-electron chi connectivity index (χ2n) is 4.81. The number of tetrazole rings is 1. The highest BCUT2D eigenvalue weighted by atomic mass is 16.5. The van der Waals surface area contributed by atoms with Crippen LogP contribution in [-0.4, -0.2) is 38.4 Å². The summed E-state index contributed by atoms with van der Waals surface area (Å²) in [5, 5.41) is 24.3. The molecule has 1 atom stereocenters. The Balaban J connectivity index is 2.22. The van der Waals surface area contributed by atoms with Crippen molar-refractivity contribution in [1.82, 2.24) is 20.2 Å². The van der Waals surface area contributed by atoms with E-state index in [0.717, 1.165) is 0 Å². The molecule has 0 spiro atoms. The third kappa shape index (κ3) is 2.18. The topological polar surface area (TPSA) is 102 Å². The van der Waals surface area contributed by atoms with Crippen LogP contribution in [0.2, 0.25) is 0 Å². The first kappa shape index (κ1) is 14.1. The van der Waals surface area contributed by atoms with Gasteiger partial charge in [-0.05, 0) is 34.5 Å². The summed E-state index contributed by atoms with van der Waals surface area (Å²) in [6, 6.07) is 6.10. The number of aromatic nitrogens is 4. The molecule has 114 valence electrons. The lowest BCUT2D eigenvalue weighted by atomic mass is 9.94. The number of ether oxygens (including phenoxy) is 1. The normalized spacial score (nSPS) is 16.9. The smallest absolute Gasteiger partial charge is 0.338 e. The van der Waals surface area contributed by atoms with E-state index in [4.69, 9.17) is 4.74 Å². The van der Waals surface area contributed by atoms with E-state index in [2.05, 4.69) is 20.8 Å². The van der Waals surface area contributed by atoms with Crippen molar-refractivity contribution in [2.75, 3.05) is 12.4 Å². The number of rotatable bonds is 3. The lowest BCUT2D eigenvalue weighted by Gasteiger charge is -2.28. The minimum absolute atomic E-state index is 0.105. The van der Waals surface area contributed by atoms with E-state index in [1.165, 1.54) is 11.8 Å². The molecule has 0 saturated heterocycles. The molecule has 1 aliphatic heterocycles. The van der Waals surface area contributed by atoms with E-state index < -0.39 is 12.0 Å².